The molecule has 5 nitrogen and oxygen atoms in total. The molecule has 0 amide bonds. The van der Waals surface area contributed by atoms with Gasteiger partial charge in [0, 0.05) is 5.56 Å². The van der Waals surface area contributed by atoms with E-state index in [0.29, 0.717) is 5.75 Å². The predicted molar refractivity (Wildman–Crippen MR) is 61.1 cm³/mol. The van der Waals surface area contributed by atoms with E-state index in [4.69, 9.17) is 15.2 Å². The monoisotopic (exact) mass is 273 g/mol. The van der Waals surface area contributed by atoms with Gasteiger partial charge in [0.2, 0.25) is 6.79 Å². The summed E-state index contributed by atoms with van der Waals surface area (Å²) < 4.78 is 42.2. The van der Waals surface area contributed by atoms with E-state index in [9.17, 15) is 13.6 Å². The lowest BCUT2D eigenvalue weighted by atomic mass is 10.00. The zero-order valence-electron chi connectivity index (χ0n) is 10.2. The molecule has 0 fully saturated rings. The van der Waals surface area contributed by atoms with Gasteiger partial charge in [-0.15, -0.1) is 0 Å². The highest BCUT2D eigenvalue weighted by atomic mass is 19.3. The van der Waals surface area contributed by atoms with Crippen LogP contribution in [-0.2, 0) is 9.53 Å². The van der Waals surface area contributed by atoms with Crippen LogP contribution in [0, 0.1) is 0 Å². The Hall–Kier alpha value is -1.89. The molecule has 0 spiro atoms. The molecule has 0 aliphatic carbocycles. The Bertz CT molecular complexity index is 493. The Morgan fingerprint density at radius 3 is 2.95 bits per heavy atom. The number of benzene rings is 1. The molecule has 1 atom stereocenters. The summed E-state index contributed by atoms with van der Waals surface area (Å²) in [5, 5.41) is 0. The van der Waals surface area contributed by atoms with Gasteiger partial charge in [0.05, 0.1) is 6.61 Å². The van der Waals surface area contributed by atoms with E-state index in [1.165, 1.54) is 19.1 Å². The van der Waals surface area contributed by atoms with Crippen molar-refractivity contribution in [2.75, 3.05) is 13.4 Å². The molecule has 1 aliphatic rings. The van der Waals surface area contributed by atoms with Gasteiger partial charge in [-0.1, -0.05) is 12.1 Å². The van der Waals surface area contributed by atoms with E-state index in [1.54, 1.807) is 6.07 Å². The summed E-state index contributed by atoms with van der Waals surface area (Å²) in [6.45, 7) is 1.23. The third kappa shape index (κ3) is 2.33. The number of rotatable bonds is 4. The van der Waals surface area contributed by atoms with Crippen LogP contribution in [0.2, 0.25) is 0 Å². The molecule has 1 aromatic rings. The van der Waals surface area contributed by atoms with Crippen LogP contribution in [0.1, 0.15) is 18.5 Å². The highest BCUT2D eigenvalue weighted by Crippen LogP contribution is 2.42. The van der Waals surface area contributed by atoms with Gasteiger partial charge in [-0.2, -0.15) is 8.78 Å². The molecule has 1 heterocycles. The fourth-order valence-electron chi connectivity index (χ4n) is 1.75. The number of alkyl halides is 2. The van der Waals surface area contributed by atoms with Gasteiger partial charge in [0.25, 0.3) is 0 Å². The first kappa shape index (κ1) is 13.5. The van der Waals surface area contributed by atoms with Crippen LogP contribution in [-0.4, -0.2) is 25.3 Å². The minimum Gasteiger partial charge on any atom is -0.462 e. The lowest BCUT2D eigenvalue weighted by Gasteiger charge is -2.22. The Balaban J connectivity index is 2.32. The summed E-state index contributed by atoms with van der Waals surface area (Å²) in [4.78, 5) is 11.3. The molecule has 104 valence electrons. The quantitative estimate of drug-likeness (QED) is 0.844. The fraction of sp³-hybridized carbons (Fsp3) is 0.417. The van der Waals surface area contributed by atoms with Crippen LogP contribution in [0.25, 0.3) is 0 Å². The fourth-order valence-corrected chi connectivity index (χ4v) is 1.75. The second-order valence-electron chi connectivity index (χ2n) is 3.90. The maximum Gasteiger partial charge on any atom is 0.379 e. The topological polar surface area (TPSA) is 70.8 Å². The predicted octanol–water partition coefficient (Wildman–Crippen LogP) is 1.61. The van der Waals surface area contributed by atoms with E-state index in [0.717, 1.165) is 0 Å². The third-order valence-corrected chi connectivity index (χ3v) is 2.70. The summed E-state index contributed by atoms with van der Waals surface area (Å²) in [5.41, 5.74) is 5.50. The largest absolute Gasteiger partial charge is 0.462 e. The number of hydrogen-bond acceptors (Lipinski definition) is 5. The van der Waals surface area contributed by atoms with Crippen molar-refractivity contribution in [2.24, 2.45) is 5.73 Å². The van der Waals surface area contributed by atoms with E-state index in [2.05, 4.69) is 4.74 Å². The maximum atomic E-state index is 13.9. The molecule has 7 heteroatoms. The number of fused-ring (bicyclic) bond motifs is 1. The lowest BCUT2D eigenvalue weighted by Crippen LogP contribution is -2.41. The summed E-state index contributed by atoms with van der Waals surface area (Å²) in [6.07, 6.45) is 0. The number of para-hydroxylation sites is 1. The lowest BCUT2D eigenvalue weighted by molar-refractivity contribution is -0.174. The Morgan fingerprint density at radius 2 is 2.26 bits per heavy atom. The second-order valence-corrected chi connectivity index (χ2v) is 3.90. The number of carbonyl (C=O) groups is 1. The summed E-state index contributed by atoms with van der Waals surface area (Å²) in [5.74, 6) is -5.03. The molecule has 1 aliphatic heterocycles. The highest BCUT2D eigenvalue weighted by molar-refractivity contribution is 5.79. The van der Waals surface area contributed by atoms with Crippen molar-refractivity contribution in [1.82, 2.24) is 0 Å². The molecule has 0 saturated heterocycles. The first-order valence-corrected chi connectivity index (χ1v) is 5.67. The average Bonchev–Trinajstić information content (AvgIpc) is 2.86. The minimum atomic E-state index is -3.84. The molecule has 2 rings (SSSR count). The summed E-state index contributed by atoms with van der Waals surface area (Å²) in [6, 6.07) is 2.58. The van der Waals surface area contributed by atoms with Crippen molar-refractivity contribution in [3.05, 3.63) is 23.8 Å². The van der Waals surface area contributed by atoms with Gasteiger partial charge in [-0.25, -0.2) is 4.79 Å². The molecule has 1 aromatic carbocycles. The van der Waals surface area contributed by atoms with Crippen LogP contribution in [0.3, 0.4) is 0 Å². The molecule has 0 saturated carbocycles. The molecule has 0 radical (unpaired) electrons. The van der Waals surface area contributed by atoms with Gasteiger partial charge >= 0.3 is 11.9 Å². The van der Waals surface area contributed by atoms with E-state index >= 15 is 0 Å². The summed E-state index contributed by atoms with van der Waals surface area (Å²) >= 11 is 0. The van der Waals surface area contributed by atoms with E-state index in [-0.39, 0.29) is 24.7 Å². The number of nitrogens with two attached hydrogens (primary N) is 1. The van der Waals surface area contributed by atoms with Crippen LogP contribution in [0.4, 0.5) is 8.78 Å². The van der Waals surface area contributed by atoms with Gasteiger partial charge in [-0.05, 0) is 13.0 Å². The van der Waals surface area contributed by atoms with E-state index in [1.807, 2.05) is 0 Å². The first-order valence-electron chi connectivity index (χ1n) is 5.67. The SMILES string of the molecule is CCOC(=O)C(F)(F)[C@H](N)c1cccc2c1OCO2. The molecule has 19 heavy (non-hydrogen) atoms. The van der Waals surface area contributed by atoms with Crippen molar-refractivity contribution in [2.45, 2.75) is 18.9 Å². The van der Waals surface area contributed by atoms with Crippen molar-refractivity contribution < 1.29 is 27.8 Å². The normalized spacial score (nSPS) is 15.2. The molecule has 0 aromatic heterocycles. The number of esters is 1. The highest BCUT2D eigenvalue weighted by Gasteiger charge is 2.49. The Morgan fingerprint density at radius 1 is 1.53 bits per heavy atom. The number of hydrogen-bond donors (Lipinski definition) is 1. The molecule has 2 N–H and O–H groups in total. The average molecular weight is 273 g/mol. The zero-order valence-corrected chi connectivity index (χ0v) is 10.2. The van der Waals surface area contributed by atoms with Gasteiger partial charge in [0.1, 0.15) is 6.04 Å². The number of ether oxygens (including phenoxy) is 3. The Kier molecular flexibility index (Phi) is 3.57. The smallest absolute Gasteiger partial charge is 0.379 e. The maximum absolute atomic E-state index is 13.9. The van der Waals surface area contributed by atoms with Crippen LogP contribution >= 0.6 is 0 Å². The second kappa shape index (κ2) is 5.00. The first-order chi connectivity index (χ1) is 8.98. The van der Waals surface area contributed by atoms with Gasteiger partial charge in [-0.3, -0.25) is 0 Å². The van der Waals surface area contributed by atoms with Gasteiger partial charge in [0.15, 0.2) is 11.5 Å². The molecular weight excluding hydrogens is 260 g/mol. The van der Waals surface area contributed by atoms with Crippen molar-refractivity contribution in [3.8, 4) is 11.5 Å². The Labute approximate surface area is 108 Å². The van der Waals surface area contributed by atoms with Crippen LogP contribution in [0.5, 0.6) is 11.5 Å². The van der Waals surface area contributed by atoms with Crippen LogP contribution < -0.4 is 15.2 Å². The molecular formula is C12H13F2NO4. The molecule has 0 unspecified atom stereocenters. The van der Waals surface area contributed by atoms with Crippen molar-refractivity contribution in [3.63, 3.8) is 0 Å². The third-order valence-electron chi connectivity index (χ3n) is 2.70. The standard InChI is InChI=1S/C12H13F2NO4/c1-2-17-11(16)12(13,14)10(15)7-4-3-5-8-9(7)19-6-18-8/h3-5,10H,2,6,15H2,1H3/t10-/m1/s1. The molecule has 0 bridgehead atoms. The number of halogens is 2. The zero-order chi connectivity index (χ0) is 14.0. The van der Waals surface area contributed by atoms with Crippen LogP contribution in [0.15, 0.2) is 18.2 Å². The van der Waals surface area contributed by atoms with Gasteiger partial charge < -0.3 is 19.9 Å². The minimum absolute atomic E-state index is 0.00746. The van der Waals surface area contributed by atoms with Crippen molar-refractivity contribution >= 4 is 5.97 Å². The number of carbonyl (C=O) groups excluding carboxylic acids is 1. The summed E-state index contributed by atoms with van der Waals surface area (Å²) in [7, 11) is 0. The van der Waals surface area contributed by atoms with Crippen molar-refractivity contribution in [1.29, 1.82) is 0 Å². The van der Waals surface area contributed by atoms with E-state index < -0.39 is 17.9 Å².